The largest absolute Gasteiger partial charge is 0.378 e. The molecule has 2 fully saturated rings. The van der Waals surface area contributed by atoms with Gasteiger partial charge in [0.05, 0.1) is 6.10 Å². The highest BCUT2D eigenvalue weighted by atomic mass is 16.5. The first-order valence-corrected chi connectivity index (χ1v) is 8.35. The molecule has 0 aliphatic carbocycles. The summed E-state index contributed by atoms with van der Waals surface area (Å²) >= 11 is 0. The van der Waals surface area contributed by atoms with Crippen LogP contribution in [-0.2, 0) is 4.74 Å². The molecule has 0 aromatic heterocycles. The van der Waals surface area contributed by atoms with Gasteiger partial charge in [-0.3, -0.25) is 4.90 Å². The van der Waals surface area contributed by atoms with Crippen LogP contribution in [-0.4, -0.2) is 42.8 Å². The number of likely N-dealkylation sites (tertiary alicyclic amines) is 1. The van der Waals surface area contributed by atoms with Crippen LogP contribution in [0.1, 0.15) is 53.9 Å². The monoisotopic (exact) mass is 282 g/mol. The fourth-order valence-electron chi connectivity index (χ4n) is 3.86. The first kappa shape index (κ1) is 16.3. The molecule has 20 heavy (non-hydrogen) atoms. The molecule has 3 atom stereocenters. The Hall–Kier alpha value is -0.120. The van der Waals surface area contributed by atoms with E-state index >= 15 is 0 Å². The van der Waals surface area contributed by atoms with E-state index in [0.717, 1.165) is 31.9 Å². The first-order chi connectivity index (χ1) is 9.28. The minimum absolute atomic E-state index is 0.188. The maximum Gasteiger partial charge on any atom is 0.0616 e. The Balaban J connectivity index is 2.08. The van der Waals surface area contributed by atoms with Gasteiger partial charge in [-0.25, -0.2) is 0 Å². The van der Waals surface area contributed by atoms with Gasteiger partial charge in [-0.05, 0) is 43.1 Å². The average Bonchev–Trinajstić information content (AvgIpc) is 2.88. The Morgan fingerprint density at radius 1 is 1.35 bits per heavy atom. The van der Waals surface area contributed by atoms with Gasteiger partial charge in [0, 0.05) is 25.2 Å². The fraction of sp³-hybridized carbons (Fsp3) is 1.00. The summed E-state index contributed by atoms with van der Waals surface area (Å²) < 4.78 is 5.97. The summed E-state index contributed by atoms with van der Waals surface area (Å²) in [5.41, 5.74) is 6.84. The molecular formula is C17H34N2O. The zero-order valence-electron chi connectivity index (χ0n) is 14.1. The van der Waals surface area contributed by atoms with Crippen molar-refractivity contribution in [2.45, 2.75) is 65.5 Å². The minimum Gasteiger partial charge on any atom is -0.378 e. The molecule has 0 amide bonds. The molecule has 2 rings (SSSR count). The molecule has 2 aliphatic rings. The van der Waals surface area contributed by atoms with E-state index < -0.39 is 0 Å². The van der Waals surface area contributed by atoms with Crippen molar-refractivity contribution >= 4 is 0 Å². The van der Waals surface area contributed by atoms with Gasteiger partial charge >= 0.3 is 0 Å². The number of nitrogens with zero attached hydrogens (tertiary/aromatic N) is 1. The molecule has 0 radical (unpaired) electrons. The standard InChI is InChI=1S/C17H34N2O/c1-13(2)15-10-17(12-18,7-9-20-15)19-8-6-14(11-19)16(3,4)5/h13-15H,6-12,18H2,1-5H3. The second-order valence-electron chi connectivity index (χ2n) is 8.33. The normalized spacial score (nSPS) is 36.8. The van der Waals surface area contributed by atoms with Crippen LogP contribution in [0.15, 0.2) is 0 Å². The SMILES string of the molecule is CC(C)C1CC(CN)(N2CCC(C(C)(C)C)C2)CCO1. The number of ether oxygens (including phenoxy) is 1. The van der Waals surface area contributed by atoms with Gasteiger partial charge < -0.3 is 10.5 Å². The highest BCUT2D eigenvalue weighted by Gasteiger charge is 2.45. The molecule has 0 bridgehead atoms. The quantitative estimate of drug-likeness (QED) is 0.865. The van der Waals surface area contributed by atoms with Crippen LogP contribution < -0.4 is 5.73 Å². The van der Waals surface area contributed by atoms with Crippen molar-refractivity contribution in [1.29, 1.82) is 0 Å². The molecule has 0 aromatic rings. The molecule has 118 valence electrons. The van der Waals surface area contributed by atoms with E-state index in [-0.39, 0.29) is 5.54 Å². The number of nitrogens with two attached hydrogens (primary N) is 1. The van der Waals surface area contributed by atoms with Crippen molar-refractivity contribution in [3.05, 3.63) is 0 Å². The lowest BCUT2D eigenvalue weighted by Crippen LogP contribution is -2.58. The van der Waals surface area contributed by atoms with Gasteiger partial charge in [-0.1, -0.05) is 34.6 Å². The molecule has 3 heteroatoms. The molecule has 0 saturated carbocycles. The summed E-state index contributed by atoms with van der Waals surface area (Å²) in [5, 5.41) is 0. The summed E-state index contributed by atoms with van der Waals surface area (Å²) in [7, 11) is 0. The second-order valence-corrected chi connectivity index (χ2v) is 8.33. The topological polar surface area (TPSA) is 38.5 Å². The third-order valence-electron chi connectivity index (χ3n) is 5.69. The van der Waals surface area contributed by atoms with E-state index in [9.17, 15) is 0 Å². The molecule has 3 unspecified atom stereocenters. The molecular weight excluding hydrogens is 248 g/mol. The van der Waals surface area contributed by atoms with Crippen LogP contribution in [0, 0.1) is 17.3 Å². The van der Waals surface area contributed by atoms with Crippen molar-refractivity contribution in [3.8, 4) is 0 Å². The van der Waals surface area contributed by atoms with E-state index in [2.05, 4.69) is 39.5 Å². The van der Waals surface area contributed by atoms with Crippen LogP contribution in [0.25, 0.3) is 0 Å². The lowest BCUT2D eigenvalue weighted by atomic mass is 9.79. The van der Waals surface area contributed by atoms with Crippen molar-refractivity contribution < 1.29 is 4.74 Å². The number of hydrogen-bond donors (Lipinski definition) is 1. The summed E-state index contributed by atoms with van der Waals surface area (Å²) in [6.07, 6.45) is 3.90. The van der Waals surface area contributed by atoms with Crippen molar-refractivity contribution in [3.63, 3.8) is 0 Å². The molecule has 2 aliphatic heterocycles. The van der Waals surface area contributed by atoms with Gasteiger partial charge in [-0.15, -0.1) is 0 Å². The minimum atomic E-state index is 0.188. The van der Waals surface area contributed by atoms with Crippen molar-refractivity contribution in [2.75, 3.05) is 26.2 Å². The van der Waals surface area contributed by atoms with Crippen LogP contribution in [0.4, 0.5) is 0 Å². The Morgan fingerprint density at radius 3 is 2.55 bits per heavy atom. The van der Waals surface area contributed by atoms with Gasteiger partial charge in [0.1, 0.15) is 0 Å². The third kappa shape index (κ3) is 3.20. The van der Waals surface area contributed by atoms with E-state index in [1.165, 1.54) is 19.5 Å². The molecule has 0 aromatic carbocycles. The first-order valence-electron chi connectivity index (χ1n) is 8.35. The summed E-state index contributed by atoms with van der Waals surface area (Å²) in [4.78, 5) is 2.70. The average molecular weight is 282 g/mol. The Kier molecular flexibility index (Phi) is 4.83. The number of hydrogen-bond acceptors (Lipinski definition) is 3. The van der Waals surface area contributed by atoms with E-state index in [4.69, 9.17) is 10.5 Å². The Morgan fingerprint density at radius 2 is 2.05 bits per heavy atom. The summed E-state index contributed by atoms with van der Waals surface area (Å²) in [5.74, 6) is 1.38. The lowest BCUT2D eigenvalue weighted by Gasteiger charge is -2.48. The number of rotatable bonds is 3. The lowest BCUT2D eigenvalue weighted by molar-refractivity contribution is -0.0837. The Bertz CT molecular complexity index is 323. The van der Waals surface area contributed by atoms with E-state index in [1.54, 1.807) is 0 Å². The zero-order chi connectivity index (χ0) is 15.0. The second kappa shape index (κ2) is 5.94. The van der Waals surface area contributed by atoms with Crippen LogP contribution >= 0.6 is 0 Å². The molecule has 2 heterocycles. The van der Waals surface area contributed by atoms with Gasteiger partial charge in [-0.2, -0.15) is 0 Å². The molecule has 0 spiro atoms. The van der Waals surface area contributed by atoms with Gasteiger partial charge in [0.15, 0.2) is 0 Å². The highest BCUT2D eigenvalue weighted by Crippen LogP contribution is 2.40. The van der Waals surface area contributed by atoms with Crippen molar-refractivity contribution in [2.24, 2.45) is 23.0 Å². The van der Waals surface area contributed by atoms with Gasteiger partial charge in [0.25, 0.3) is 0 Å². The smallest absolute Gasteiger partial charge is 0.0616 e. The molecule has 3 nitrogen and oxygen atoms in total. The van der Waals surface area contributed by atoms with Crippen LogP contribution in [0.2, 0.25) is 0 Å². The van der Waals surface area contributed by atoms with Crippen LogP contribution in [0.5, 0.6) is 0 Å². The molecule has 2 N–H and O–H groups in total. The van der Waals surface area contributed by atoms with E-state index in [1.807, 2.05) is 0 Å². The predicted octanol–water partition coefficient (Wildman–Crippen LogP) is 2.89. The maximum atomic E-state index is 6.24. The Labute approximate surface area is 125 Å². The molecule has 2 saturated heterocycles. The van der Waals surface area contributed by atoms with E-state index in [0.29, 0.717) is 17.4 Å². The van der Waals surface area contributed by atoms with Crippen LogP contribution in [0.3, 0.4) is 0 Å². The highest BCUT2D eigenvalue weighted by molar-refractivity contribution is 5.00. The summed E-state index contributed by atoms with van der Waals surface area (Å²) in [6.45, 7) is 15.7. The van der Waals surface area contributed by atoms with Crippen molar-refractivity contribution in [1.82, 2.24) is 4.90 Å². The van der Waals surface area contributed by atoms with Gasteiger partial charge in [0.2, 0.25) is 0 Å². The third-order valence-corrected chi connectivity index (χ3v) is 5.69. The predicted molar refractivity (Wildman–Crippen MR) is 84.7 cm³/mol. The maximum absolute atomic E-state index is 6.24. The zero-order valence-corrected chi connectivity index (χ0v) is 14.1. The fourth-order valence-corrected chi connectivity index (χ4v) is 3.86. The summed E-state index contributed by atoms with van der Waals surface area (Å²) in [6, 6.07) is 0.